The minimum Gasteiger partial charge on any atom is -0.492 e. The lowest BCUT2D eigenvalue weighted by molar-refractivity contribution is -0.885. The van der Waals surface area contributed by atoms with Crippen molar-refractivity contribution >= 4 is 17.5 Å². The van der Waals surface area contributed by atoms with E-state index in [0.29, 0.717) is 30.3 Å². The highest BCUT2D eigenvalue weighted by Crippen LogP contribution is 2.17. The zero-order chi connectivity index (χ0) is 18.2. The Morgan fingerprint density at radius 2 is 2.04 bits per heavy atom. The van der Waals surface area contributed by atoms with Gasteiger partial charge in [0.15, 0.2) is 6.54 Å². The number of rotatable bonds is 8. The van der Waals surface area contributed by atoms with E-state index < -0.39 is 0 Å². The minimum atomic E-state index is -0.348. The van der Waals surface area contributed by atoms with E-state index in [4.69, 9.17) is 16.3 Å². The van der Waals surface area contributed by atoms with Gasteiger partial charge in [-0.15, -0.1) is 0 Å². The van der Waals surface area contributed by atoms with Gasteiger partial charge in [0.1, 0.15) is 24.7 Å². The molecular weight excluding hydrogens is 343 g/mol. The number of carbonyl (C=O) groups is 1. The molecule has 2 N–H and O–H groups in total. The van der Waals surface area contributed by atoms with E-state index in [0.717, 1.165) is 16.2 Å². The van der Waals surface area contributed by atoms with E-state index in [1.54, 1.807) is 12.1 Å². The highest BCUT2D eigenvalue weighted by Gasteiger charge is 2.15. The van der Waals surface area contributed by atoms with Crippen LogP contribution < -0.4 is 15.0 Å². The van der Waals surface area contributed by atoms with Crippen LogP contribution in [0.4, 0.5) is 4.39 Å². The first kappa shape index (κ1) is 19.2. The standard InChI is InChI=1S/C19H22ClFN2O2/c1-14-5-3-6-15(11-14)25-10-9-22-19(24)13-23(2)12-16-17(20)7-4-8-18(16)21/h3-8,11H,9-10,12-13H2,1-2H3,(H,22,24)/p+1. The third-order valence-electron chi connectivity index (χ3n) is 3.69. The zero-order valence-electron chi connectivity index (χ0n) is 14.4. The molecular formula is C19H23ClFN2O2+. The molecule has 0 radical (unpaired) electrons. The third-order valence-corrected chi connectivity index (χ3v) is 4.04. The number of ether oxygens (including phenoxy) is 1. The predicted octanol–water partition coefficient (Wildman–Crippen LogP) is 2.00. The van der Waals surface area contributed by atoms with Crippen LogP contribution in [0.25, 0.3) is 0 Å². The van der Waals surface area contributed by atoms with Gasteiger partial charge in [0, 0.05) is 0 Å². The lowest BCUT2D eigenvalue weighted by Crippen LogP contribution is -3.09. The fourth-order valence-electron chi connectivity index (χ4n) is 2.47. The summed E-state index contributed by atoms with van der Waals surface area (Å²) in [5, 5.41) is 3.18. The van der Waals surface area contributed by atoms with Crippen LogP contribution in [0.3, 0.4) is 0 Å². The predicted molar refractivity (Wildman–Crippen MR) is 96.6 cm³/mol. The van der Waals surface area contributed by atoms with Crippen LogP contribution in [0.1, 0.15) is 11.1 Å². The van der Waals surface area contributed by atoms with Gasteiger partial charge in [-0.25, -0.2) is 4.39 Å². The summed E-state index contributed by atoms with van der Waals surface area (Å²) in [7, 11) is 1.82. The number of amides is 1. The van der Waals surface area contributed by atoms with Gasteiger partial charge in [0.2, 0.25) is 0 Å². The van der Waals surface area contributed by atoms with Crippen LogP contribution in [0.5, 0.6) is 5.75 Å². The highest BCUT2D eigenvalue weighted by atomic mass is 35.5. The summed E-state index contributed by atoms with van der Waals surface area (Å²) in [5.74, 6) is 0.322. The lowest BCUT2D eigenvalue weighted by atomic mass is 10.2. The van der Waals surface area contributed by atoms with Gasteiger partial charge in [-0.05, 0) is 36.8 Å². The average Bonchev–Trinajstić information content (AvgIpc) is 2.55. The molecule has 25 heavy (non-hydrogen) atoms. The van der Waals surface area contributed by atoms with Crippen molar-refractivity contribution in [3.05, 3.63) is 64.4 Å². The summed E-state index contributed by atoms with van der Waals surface area (Å²) in [6.45, 7) is 3.39. The van der Waals surface area contributed by atoms with Gasteiger partial charge in [0.25, 0.3) is 5.91 Å². The van der Waals surface area contributed by atoms with E-state index in [2.05, 4.69) is 5.32 Å². The molecule has 4 nitrogen and oxygen atoms in total. The largest absolute Gasteiger partial charge is 0.492 e. The van der Waals surface area contributed by atoms with Gasteiger partial charge in [-0.1, -0.05) is 29.8 Å². The molecule has 0 fully saturated rings. The molecule has 2 aromatic carbocycles. The third kappa shape index (κ3) is 6.36. The van der Waals surface area contributed by atoms with Crippen molar-refractivity contribution in [2.45, 2.75) is 13.5 Å². The maximum Gasteiger partial charge on any atom is 0.275 e. The highest BCUT2D eigenvalue weighted by molar-refractivity contribution is 6.31. The maximum atomic E-state index is 13.8. The summed E-state index contributed by atoms with van der Waals surface area (Å²) < 4.78 is 19.4. The molecule has 6 heteroatoms. The van der Waals surface area contributed by atoms with E-state index in [1.165, 1.54) is 6.07 Å². The Labute approximate surface area is 152 Å². The summed E-state index contributed by atoms with van der Waals surface area (Å²) >= 11 is 6.01. The second-order valence-corrected chi connectivity index (χ2v) is 6.43. The monoisotopic (exact) mass is 365 g/mol. The first-order valence-corrected chi connectivity index (χ1v) is 8.54. The molecule has 0 aliphatic carbocycles. The van der Waals surface area contributed by atoms with Gasteiger partial charge < -0.3 is 15.0 Å². The Morgan fingerprint density at radius 3 is 2.76 bits per heavy atom. The molecule has 1 unspecified atom stereocenters. The summed E-state index contributed by atoms with van der Waals surface area (Å²) in [6, 6.07) is 12.3. The molecule has 2 rings (SSSR count). The average molecular weight is 366 g/mol. The van der Waals surface area contributed by atoms with Gasteiger partial charge in [-0.3, -0.25) is 4.79 Å². The molecule has 0 bridgehead atoms. The molecule has 0 aliphatic heterocycles. The SMILES string of the molecule is Cc1cccc(OCCNC(=O)C[NH+](C)Cc2c(F)cccc2Cl)c1. The van der Waals surface area contributed by atoms with Crippen molar-refractivity contribution < 1.29 is 18.8 Å². The Hall–Kier alpha value is -2.11. The van der Waals surface area contributed by atoms with Crippen LogP contribution >= 0.6 is 11.6 Å². The molecule has 1 atom stereocenters. The van der Waals surface area contributed by atoms with Crippen molar-refractivity contribution in [3.63, 3.8) is 0 Å². The second-order valence-electron chi connectivity index (χ2n) is 6.03. The molecule has 2 aromatic rings. The van der Waals surface area contributed by atoms with Crippen LogP contribution in [0.2, 0.25) is 5.02 Å². The van der Waals surface area contributed by atoms with Crippen LogP contribution in [0, 0.1) is 12.7 Å². The fourth-order valence-corrected chi connectivity index (χ4v) is 2.70. The van der Waals surface area contributed by atoms with Crippen molar-refractivity contribution in [2.24, 2.45) is 0 Å². The quantitative estimate of drug-likeness (QED) is 0.703. The number of likely N-dealkylation sites (N-methyl/N-ethyl adjacent to an activating group) is 1. The Morgan fingerprint density at radius 1 is 1.28 bits per heavy atom. The molecule has 0 saturated carbocycles. The number of aryl methyl sites for hydroxylation is 1. The van der Waals surface area contributed by atoms with Crippen molar-refractivity contribution in [1.29, 1.82) is 0 Å². The molecule has 1 amide bonds. The molecule has 0 heterocycles. The van der Waals surface area contributed by atoms with E-state index in [-0.39, 0.29) is 18.3 Å². The summed E-state index contributed by atoms with van der Waals surface area (Å²) in [4.78, 5) is 12.8. The second kappa shape index (κ2) is 9.39. The summed E-state index contributed by atoms with van der Waals surface area (Å²) in [6.07, 6.45) is 0. The van der Waals surface area contributed by atoms with Crippen LogP contribution in [-0.4, -0.2) is 32.7 Å². The minimum absolute atomic E-state index is 0.113. The number of halogens is 2. The molecule has 0 spiro atoms. The first-order valence-electron chi connectivity index (χ1n) is 8.16. The Bertz CT molecular complexity index is 704. The molecule has 134 valence electrons. The Kier molecular flexibility index (Phi) is 7.22. The van der Waals surface area contributed by atoms with E-state index in [1.807, 2.05) is 38.2 Å². The van der Waals surface area contributed by atoms with Crippen molar-refractivity contribution in [1.82, 2.24) is 5.32 Å². The molecule has 0 saturated heterocycles. The van der Waals surface area contributed by atoms with E-state index >= 15 is 0 Å². The van der Waals surface area contributed by atoms with Crippen LogP contribution in [-0.2, 0) is 11.3 Å². The number of benzene rings is 2. The van der Waals surface area contributed by atoms with Gasteiger partial charge in [0.05, 0.1) is 24.2 Å². The smallest absolute Gasteiger partial charge is 0.275 e. The Balaban J connectivity index is 1.71. The number of hydrogen-bond donors (Lipinski definition) is 2. The van der Waals surface area contributed by atoms with E-state index in [9.17, 15) is 9.18 Å². The lowest BCUT2D eigenvalue weighted by Gasteiger charge is -2.15. The summed E-state index contributed by atoms with van der Waals surface area (Å²) in [5.41, 5.74) is 1.55. The van der Waals surface area contributed by atoms with Crippen molar-refractivity contribution in [3.8, 4) is 5.75 Å². The maximum absolute atomic E-state index is 13.8. The number of quaternary nitrogens is 1. The first-order chi connectivity index (χ1) is 12.0. The zero-order valence-corrected chi connectivity index (χ0v) is 15.2. The topological polar surface area (TPSA) is 42.8 Å². The van der Waals surface area contributed by atoms with Gasteiger partial charge in [-0.2, -0.15) is 0 Å². The number of nitrogens with one attached hydrogen (secondary N) is 2. The molecule has 0 aromatic heterocycles. The fraction of sp³-hybridized carbons (Fsp3) is 0.316. The number of hydrogen-bond acceptors (Lipinski definition) is 2. The van der Waals surface area contributed by atoms with Crippen LogP contribution in [0.15, 0.2) is 42.5 Å². The number of carbonyl (C=O) groups excluding carboxylic acids is 1. The normalized spacial score (nSPS) is 11.8. The molecule has 0 aliphatic rings. The van der Waals surface area contributed by atoms with Crippen molar-refractivity contribution in [2.75, 3.05) is 26.7 Å². The van der Waals surface area contributed by atoms with Gasteiger partial charge >= 0.3 is 0 Å².